The van der Waals surface area contributed by atoms with Gasteiger partial charge in [0.25, 0.3) is 0 Å². The second-order valence-electron chi connectivity index (χ2n) is 3.54. The summed E-state index contributed by atoms with van der Waals surface area (Å²) in [4.78, 5) is 12.9. The van der Waals surface area contributed by atoms with Crippen LogP contribution in [0.3, 0.4) is 0 Å². The molecule has 0 saturated carbocycles. The van der Waals surface area contributed by atoms with Crippen LogP contribution in [0.1, 0.15) is 20.8 Å². The lowest BCUT2D eigenvalue weighted by atomic mass is 10.1. The largest absolute Gasteiger partial charge is 0.288 e. The number of aryl methyl sites for hydroxylation is 1. The lowest BCUT2D eigenvalue weighted by Crippen LogP contribution is -1.99. The quantitative estimate of drug-likeness (QED) is 0.618. The summed E-state index contributed by atoms with van der Waals surface area (Å²) < 4.78 is 1.59. The van der Waals surface area contributed by atoms with Gasteiger partial charge in [0, 0.05) is 10.0 Å². The van der Waals surface area contributed by atoms with Crippen LogP contribution >= 0.6 is 54.8 Å². The van der Waals surface area contributed by atoms with Crippen molar-refractivity contribution in [2.75, 3.05) is 0 Å². The van der Waals surface area contributed by atoms with Crippen LogP contribution in [-0.4, -0.2) is 5.78 Å². The van der Waals surface area contributed by atoms with E-state index < -0.39 is 0 Å². The van der Waals surface area contributed by atoms with E-state index in [-0.39, 0.29) is 5.78 Å². The van der Waals surface area contributed by atoms with Crippen LogP contribution in [0.4, 0.5) is 0 Å². The number of rotatable bonds is 2. The Bertz CT molecular complexity index is 573. The van der Waals surface area contributed by atoms with Gasteiger partial charge in [-0.1, -0.05) is 33.6 Å². The van der Waals surface area contributed by atoms with Gasteiger partial charge in [-0.15, -0.1) is 11.3 Å². The van der Waals surface area contributed by atoms with Gasteiger partial charge in [0.1, 0.15) is 0 Å². The van der Waals surface area contributed by atoms with Crippen molar-refractivity contribution in [1.82, 2.24) is 0 Å². The molecule has 0 spiro atoms. The number of thiophene rings is 1. The van der Waals surface area contributed by atoms with E-state index in [1.54, 1.807) is 6.07 Å². The van der Waals surface area contributed by atoms with Gasteiger partial charge in [0.05, 0.1) is 13.7 Å². The molecular weight excluding hydrogens is 387 g/mol. The highest BCUT2D eigenvalue weighted by Gasteiger charge is 2.16. The van der Waals surface area contributed by atoms with Gasteiger partial charge in [-0.05, 0) is 46.6 Å². The molecule has 2 rings (SSSR count). The van der Waals surface area contributed by atoms with Gasteiger partial charge in [-0.2, -0.15) is 0 Å². The summed E-state index contributed by atoms with van der Waals surface area (Å²) in [6.07, 6.45) is 0. The molecule has 1 heterocycles. The number of carbonyl (C=O) groups excluding carboxylic acids is 1. The highest BCUT2D eigenvalue weighted by molar-refractivity contribution is 9.11. The lowest BCUT2D eigenvalue weighted by Gasteiger charge is -2.02. The van der Waals surface area contributed by atoms with E-state index in [1.807, 2.05) is 25.1 Å². The van der Waals surface area contributed by atoms with Crippen LogP contribution in [0.15, 0.2) is 32.5 Å². The molecule has 0 unspecified atom stereocenters. The minimum atomic E-state index is -0.0190. The predicted molar refractivity (Wildman–Crippen MR) is 79.3 cm³/mol. The Morgan fingerprint density at radius 1 is 1.29 bits per heavy atom. The average molecular weight is 395 g/mol. The fourth-order valence-electron chi connectivity index (χ4n) is 1.40. The third kappa shape index (κ3) is 2.81. The van der Waals surface area contributed by atoms with Crippen LogP contribution in [0.5, 0.6) is 0 Å². The topological polar surface area (TPSA) is 17.1 Å². The van der Waals surface area contributed by atoms with E-state index in [9.17, 15) is 4.79 Å². The Balaban J connectivity index is 2.43. The summed E-state index contributed by atoms with van der Waals surface area (Å²) in [5, 5.41) is 0.571. The molecule has 0 saturated heterocycles. The summed E-state index contributed by atoms with van der Waals surface area (Å²) >= 11 is 14.0. The standard InChI is InChI=1S/C12H7Br2ClOS/c1-6-2-3-7(8(13)4-6)11(16)10-5-9(15)12(14)17-10/h2-5H,1H3. The molecule has 1 nitrogen and oxygen atoms in total. The van der Waals surface area contributed by atoms with Crippen molar-refractivity contribution < 1.29 is 4.79 Å². The maximum Gasteiger partial charge on any atom is 0.204 e. The number of ketones is 1. The van der Waals surface area contributed by atoms with Gasteiger partial charge in [0.2, 0.25) is 5.78 Å². The SMILES string of the molecule is Cc1ccc(C(=O)c2cc(Cl)c(Br)s2)c(Br)c1. The van der Waals surface area contributed by atoms with Gasteiger partial charge in [0.15, 0.2) is 0 Å². The first kappa shape index (κ1) is 13.3. The predicted octanol–water partition coefficient (Wildman–Crippen LogP) is 5.47. The van der Waals surface area contributed by atoms with E-state index in [0.29, 0.717) is 15.5 Å². The van der Waals surface area contributed by atoms with Crippen LogP contribution in [0.2, 0.25) is 5.02 Å². The normalized spacial score (nSPS) is 10.6. The molecule has 17 heavy (non-hydrogen) atoms. The number of carbonyl (C=O) groups is 1. The minimum Gasteiger partial charge on any atom is -0.288 e. The molecule has 0 aliphatic rings. The van der Waals surface area contributed by atoms with E-state index in [1.165, 1.54) is 11.3 Å². The zero-order chi connectivity index (χ0) is 12.6. The fraction of sp³-hybridized carbons (Fsp3) is 0.0833. The van der Waals surface area contributed by atoms with Crippen LogP contribution in [0.25, 0.3) is 0 Å². The Morgan fingerprint density at radius 2 is 2.00 bits per heavy atom. The maximum atomic E-state index is 12.2. The number of benzene rings is 1. The summed E-state index contributed by atoms with van der Waals surface area (Å²) in [5.41, 5.74) is 1.76. The molecule has 0 aliphatic heterocycles. The summed E-state index contributed by atoms with van der Waals surface area (Å²) in [7, 11) is 0. The summed E-state index contributed by atoms with van der Waals surface area (Å²) in [6.45, 7) is 1.98. The molecule has 0 N–H and O–H groups in total. The minimum absolute atomic E-state index is 0.0190. The summed E-state index contributed by atoms with van der Waals surface area (Å²) in [5.74, 6) is -0.0190. The Labute approximate surface area is 125 Å². The third-order valence-electron chi connectivity index (χ3n) is 2.24. The van der Waals surface area contributed by atoms with E-state index >= 15 is 0 Å². The molecule has 0 amide bonds. The van der Waals surface area contributed by atoms with E-state index in [0.717, 1.165) is 13.8 Å². The van der Waals surface area contributed by atoms with Gasteiger partial charge >= 0.3 is 0 Å². The molecule has 88 valence electrons. The van der Waals surface area contributed by atoms with Crippen molar-refractivity contribution in [3.05, 3.63) is 53.6 Å². The van der Waals surface area contributed by atoms with Gasteiger partial charge < -0.3 is 0 Å². The average Bonchev–Trinajstić information content (AvgIpc) is 2.58. The van der Waals surface area contributed by atoms with Gasteiger partial charge in [-0.25, -0.2) is 0 Å². The van der Waals surface area contributed by atoms with Crippen molar-refractivity contribution >= 4 is 60.6 Å². The summed E-state index contributed by atoms with van der Waals surface area (Å²) in [6, 6.07) is 7.36. The highest BCUT2D eigenvalue weighted by atomic mass is 79.9. The third-order valence-corrected chi connectivity index (χ3v) is 5.37. The molecule has 0 radical (unpaired) electrons. The highest BCUT2D eigenvalue weighted by Crippen LogP contribution is 2.34. The van der Waals surface area contributed by atoms with Crippen LogP contribution in [0, 0.1) is 6.92 Å². The smallest absolute Gasteiger partial charge is 0.204 e. The first-order chi connectivity index (χ1) is 7.99. The van der Waals surface area contributed by atoms with Crippen molar-refractivity contribution in [3.8, 4) is 0 Å². The number of hydrogen-bond acceptors (Lipinski definition) is 2. The van der Waals surface area contributed by atoms with E-state index in [2.05, 4.69) is 31.9 Å². The number of hydrogen-bond donors (Lipinski definition) is 0. The Morgan fingerprint density at radius 3 is 2.53 bits per heavy atom. The Hall–Kier alpha value is -0.160. The number of halogens is 3. The molecular formula is C12H7Br2ClOS. The van der Waals surface area contributed by atoms with Crippen molar-refractivity contribution in [1.29, 1.82) is 0 Å². The first-order valence-electron chi connectivity index (χ1n) is 4.74. The molecule has 1 aromatic heterocycles. The zero-order valence-electron chi connectivity index (χ0n) is 8.76. The van der Waals surface area contributed by atoms with Gasteiger partial charge in [-0.3, -0.25) is 4.79 Å². The second-order valence-corrected chi connectivity index (χ2v) is 7.18. The molecule has 0 atom stereocenters. The van der Waals surface area contributed by atoms with E-state index in [4.69, 9.17) is 11.6 Å². The zero-order valence-corrected chi connectivity index (χ0v) is 13.5. The van der Waals surface area contributed by atoms with Crippen molar-refractivity contribution in [2.24, 2.45) is 0 Å². The van der Waals surface area contributed by atoms with Crippen molar-refractivity contribution in [3.63, 3.8) is 0 Å². The molecule has 5 heteroatoms. The van der Waals surface area contributed by atoms with Crippen molar-refractivity contribution in [2.45, 2.75) is 6.92 Å². The second kappa shape index (κ2) is 5.22. The maximum absolute atomic E-state index is 12.2. The Kier molecular flexibility index (Phi) is 4.08. The fourth-order valence-corrected chi connectivity index (χ4v) is 3.72. The molecule has 1 aromatic carbocycles. The monoisotopic (exact) mass is 392 g/mol. The molecule has 0 aliphatic carbocycles. The lowest BCUT2D eigenvalue weighted by molar-refractivity contribution is 0.104. The molecule has 2 aromatic rings. The van der Waals surface area contributed by atoms with Crippen LogP contribution in [-0.2, 0) is 0 Å². The van der Waals surface area contributed by atoms with Crippen LogP contribution < -0.4 is 0 Å². The first-order valence-corrected chi connectivity index (χ1v) is 7.53. The molecule has 0 bridgehead atoms. The molecule has 0 fully saturated rings.